The predicted octanol–water partition coefficient (Wildman–Crippen LogP) is 0.460. The number of aliphatic hydroxyl groups excluding tert-OH is 1. The number of carbonyl (C=O) groups excluding carboxylic acids is 1. The number of nitrogens with one attached hydrogen (secondary N) is 2. The molecule has 0 saturated heterocycles. The van der Waals surface area contributed by atoms with E-state index in [1.807, 2.05) is 38.1 Å². The van der Waals surface area contributed by atoms with Crippen molar-refractivity contribution in [1.29, 1.82) is 0 Å². The van der Waals surface area contributed by atoms with Crippen LogP contribution in [0.5, 0.6) is 5.75 Å². The van der Waals surface area contributed by atoms with Crippen LogP contribution in [0.15, 0.2) is 24.3 Å². The van der Waals surface area contributed by atoms with E-state index in [4.69, 9.17) is 4.74 Å². The van der Waals surface area contributed by atoms with Gasteiger partial charge in [-0.1, -0.05) is 12.1 Å². The highest BCUT2D eigenvalue weighted by molar-refractivity contribution is 5.77. The van der Waals surface area contributed by atoms with Crippen molar-refractivity contribution in [2.24, 2.45) is 0 Å². The Balaban J connectivity index is 2.17. The summed E-state index contributed by atoms with van der Waals surface area (Å²) < 4.78 is 5.46. The molecule has 1 unspecified atom stereocenters. The number of ether oxygens (including phenoxy) is 1. The summed E-state index contributed by atoms with van der Waals surface area (Å²) in [6, 6.07) is 7.65. The molecule has 19 heavy (non-hydrogen) atoms. The van der Waals surface area contributed by atoms with E-state index in [9.17, 15) is 9.90 Å². The van der Waals surface area contributed by atoms with Crippen molar-refractivity contribution in [3.63, 3.8) is 0 Å². The molecule has 0 heterocycles. The summed E-state index contributed by atoms with van der Waals surface area (Å²) in [7, 11) is 0. The van der Waals surface area contributed by atoms with Gasteiger partial charge in [0.2, 0.25) is 5.91 Å². The number of benzene rings is 1. The summed E-state index contributed by atoms with van der Waals surface area (Å²) in [6.45, 7) is 5.18. The SMILES string of the molecule is CCNC(=O)CNCC(O)COc1cccc(C)c1. The number of hydrogen-bond acceptors (Lipinski definition) is 4. The molecule has 0 bridgehead atoms. The molecule has 1 aromatic carbocycles. The predicted molar refractivity (Wildman–Crippen MR) is 74.2 cm³/mol. The maximum atomic E-state index is 11.2. The van der Waals surface area contributed by atoms with Gasteiger partial charge in [-0.25, -0.2) is 0 Å². The van der Waals surface area contributed by atoms with Crippen LogP contribution in [-0.4, -0.2) is 43.4 Å². The standard InChI is InChI=1S/C14H22N2O3/c1-3-16-14(18)9-15-8-12(17)10-19-13-6-4-5-11(2)7-13/h4-7,12,15,17H,3,8-10H2,1-2H3,(H,16,18). The smallest absolute Gasteiger partial charge is 0.233 e. The third-order valence-electron chi connectivity index (χ3n) is 2.47. The van der Waals surface area contributed by atoms with Gasteiger partial charge < -0.3 is 20.5 Å². The molecule has 0 fully saturated rings. The Labute approximate surface area is 114 Å². The Morgan fingerprint density at radius 1 is 1.47 bits per heavy atom. The Kier molecular flexibility index (Phi) is 6.92. The molecule has 0 saturated carbocycles. The number of aryl methyl sites for hydroxylation is 1. The third kappa shape index (κ3) is 6.79. The van der Waals surface area contributed by atoms with Crippen molar-refractivity contribution in [3.8, 4) is 5.75 Å². The molecule has 0 aliphatic heterocycles. The van der Waals surface area contributed by atoms with E-state index in [1.54, 1.807) is 0 Å². The van der Waals surface area contributed by atoms with E-state index in [-0.39, 0.29) is 19.1 Å². The van der Waals surface area contributed by atoms with E-state index < -0.39 is 6.10 Å². The van der Waals surface area contributed by atoms with E-state index in [1.165, 1.54) is 0 Å². The largest absolute Gasteiger partial charge is 0.491 e. The topological polar surface area (TPSA) is 70.6 Å². The second kappa shape index (κ2) is 8.50. The first-order valence-corrected chi connectivity index (χ1v) is 6.46. The van der Waals surface area contributed by atoms with Crippen LogP contribution in [0.3, 0.4) is 0 Å². The number of hydrogen-bond donors (Lipinski definition) is 3. The van der Waals surface area contributed by atoms with Crippen molar-refractivity contribution in [2.75, 3.05) is 26.2 Å². The molecule has 5 nitrogen and oxygen atoms in total. The molecule has 1 aromatic rings. The maximum absolute atomic E-state index is 11.2. The van der Waals surface area contributed by atoms with Gasteiger partial charge in [0.15, 0.2) is 0 Å². The lowest BCUT2D eigenvalue weighted by Gasteiger charge is -2.13. The van der Waals surface area contributed by atoms with Gasteiger partial charge in [0.05, 0.1) is 6.54 Å². The zero-order valence-corrected chi connectivity index (χ0v) is 11.5. The van der Waals surface area contributed by atoms with Gasteiger partial charge in [-0.05, 0) is 31.5 Å². The van der Waals surface area contributed by atoms with Crippen LogP contribution in [0.4, 0.5) is 0 Å². The molecule has 1 amide bonds. The number of carbonyl (C=O) groups is 1. The highest BCUT2D eigenvalue weighted by atomic mass is 16.5. The molecule has 0 radical (unpaired) electrons. The molecule has 1 atom stereocenters. The summed E-state index contributed by atoms with van der Waals surface area (Å²) in [4.78, 5) is 11.2. The molecule has 106 valence electrons. The van der Waals surface area contributed by atoms with Crippen LogP contribution in [0.1, 0.15) is 12.5 Å². The molecular weight excluding hydrogens is 244 g/mol. The Bertz CT molecular complexity index is 396. The molecule has 0 aliphatic carbocycles. The Morgan fingerprint density at radius 3 is 2.95 bits per heavy atom. The van der Waals surface area contributed by atoms with Crippen molar-refractivity contribution in [2.45, 2.75) is 20.0 Å². The van der Waals surface area contributed by atoms with Crippen LogP contribution in [0.2, 0.25) is 0 Å². The highest BCUT2D eigenvalue weighted by Gasteiger charge is 2.06. The van der Waals surface area contributed by atoms with Gasteiger partial charge in [-0.2, -0.15) is 0 Å². The highest BCUT2D eigenvalue weighted by Crippen LogP contribution is 2.12. The molecule has 0 spiro atoms. The van der Waals surface area contributed by atoms with Crippen LogP contribution in [-0.2, 0) is 4.79 Å². The summed E-state index contributed by atoms with van der Waals surface area (Å²) in [6.07, 6.45) is -0.644. The average molecular weight is 266 g/mol. The molecule has 3 N–H and O–H groups in total. The summed E-state index contributed by atoms with van der Waals surface area (Å²) in [5.41, 5.74) is 1.11. The molecular formula is C14H22N2O3. The fourth-order valence-corrected chi connectivity index (χ4v) is 1.57. The number of aliphatic hydroxyl groups is 1. The first-order chi connectivity index (χ1) is 9.11. The van der Waals surface area contributed by atoms with E-state index >= 15 is 0 Å². The van der Waals surface area contributed by atoms with Crippen molar-refractivity contribution in [3.05, 3.63) is 29.8 Å². The number of likely N-dealkylation sites (N-methyl/N-ethyl adjacent to an activating group) is 1. The summed E-state index contributed by atoms with van der Waals surface area (Å²) in [5.74, 6) is 0.664. The number of amides is 1. The van der Waals surface area contributed by atoms with Gasteiger partial charge in [-0.15, -0.1) is 0 Å². The fraction of sp³-hybridized carbons (Fsp3) is 0.500. The van der Waals surface area contributed by atoms with Crippen LogP contribution < -0.4 is 15.4 Å². The van der Waals surface area contributed by atoms with Crippen molar-refractivity contribution in [1.82, 2.24) is 10.6 Å². The Morgan fingerprint density at radius 2 is 2.26 bits per heavy atom. The van der Waals surface area contributed by atoms with Gasteiger partial charge in [0, 0.05) is 13.1 Å². The fourth-order valence-electron chi connectivity index (χ4n) is 1.57. The third-order valence-corrected chi connectivity index (χ3v) is 2.47. The first-order valence-electron chi connectivity index (χ1n) is 6.46. The number of rotatable bonds is 8. The van der Waals surface area contributed by atoms with Crippen LogP contribution in [0, 0.1) is 6.92 Å². The first kappa shape index (κ1) is 15.5. The van der Waals surface area contributed by atoms with Crippen molar-refractivity contribution >= 4 is 5.91 Å². The van der Waals surface area contributed by atoms with Crippen LogP contribution in [0.25, 0.3) is 0 Å². The summed E-state index contributed by atoms with van der Waals surface area (Å²) >= 11 is 0. The minimum Gasteiger partial charge on any atom is -0.491 e. The normalized spacial score (nSPS) is 11.9. The Hall–Kier alpha value is -1.59. The minimum absolute atomic E-state index is 0.0747. The monoisotopic (exact) mass is 266 g/mol. The van der Waals surface area contributed by atoms with E-state index in [0.717, 1.165) is 11.3 Å². The van der Waals surface area contributed by atoms with Gasteiger partial charge >= 0.3 is 0 Å². The van der Waals surface area contributed by atoms with E-state index in [2.05, 4.69) is 10.6 Å². The quantitative estimate of drug-likeness (QED) is 0.639. The van der Waals surface area contributed by atoms with Crippen LogP contribution >= 0.6 is 0 Å². The summed E-state index contributed by atoms with van der Waals surface area (Å²) in [5, 5.41) is 15.2. The maximum Gasteiger partial charge on any atom is 0.233 e. The molecule has 0 aliphatic rings. The van der Waals surface area contributed by atoms with E-state index in [0.29, 0.717) is 13.1 Å². The lowest BCUT2D eigenvalue weighted by atomic mass is 10.2. The van der Waals surface area contributed by atoms with Gasteiger partial charge in [0.1, 0.15) is 18.5 Å². The second-order valence-electron chi connectivity index (χ2n) is 4.37. The molecule has 5 heteroatoms. The van der Waals surface area contributed by atoms with Gasteiger partial charge in [-0.3, -0.25) is 4.79 Å². The van der Waals surface area contributed by atoms with Crippen molar-refractivity contribution < 1.29 is 14.6 Å². The zero-order valence-electron chi connectivity index (χ0n) is 11.5. The minimum atomic E-state index is -0.644. The lowest BCUT2D eigenvalue weighted by Crippen LogP contribution is -2.38. The van der Waals surface area contributed by atoms with Gasteiger partial charge in [0.25, 0.3) is 0 Å². The molecule has 0 aromatic heterocycles. The average Bonchev–Trinajstić information content (AvgIpc) is 2.37. The second-order valence-corrected chi connectivity index (χ2v) is 4.37. The zero-order chi connectivity index (χ0) is 14.1. The lowest BCUT2D eigenvalue weighted by molar-refractivity contribution is -0.120. The molecule has 1 rings (SSSR count).